The number of hydrogen-bond acceptors (Lipinski definition) is 3. The van der Waals surface area contributed by atoms with E-state index in [1.165, 1.54) is 12.8 Å². The predicted molar refractivity (Wildman–Crippen MR) is 86.5 cm³/mol. The summed E-state index contributed by atoms with van der Waals surface area (Å²) < 4.78 is 5.11. The normalized spacial score (nSPS) is 16.7. The average Bonchev–Trinajstić information content (AvgIpc) is 3.24. The average molecular weight is 313 g/mol. The molecule has 118 valence electrons. The summed E-state index contributed by atoms with van der Waals surface area (Å²) in [7, 11) is 1.71. The van der Waals surface area contributed by atoms with Crippen molar-refractivity contribution in [3.05, 3.63) is 35.9 Å². The number of carbonyl (C=O) groups excluding carboxylic acids is 1. The van der Waals surface area contributed by atoms with Gasteiger partial charge in [0.1, 0.15) is 0 Å². The molecule has 0 saturated heterocycles. The van der Waals surface area contributed by atoms with Crippen molar-refractivity contribution < 1.29 is 9.53 Å². The highest BCUT2D eigenvalue weighted by molar-refractivity contribution is 5.85. The Bertz CT molecular complexity index is 435. The molecule has 0 aliphatic heterocycles. The number of carbonyl (C=O) groups is 1. The van der Waals surface area contributed by atoms with Gasteiger partial charge in [0.15, 0.2) is 0 Å². The summed E-state index contributed by atoms with van der Waals surface area (Å²) in [5.74, 6) is -0.0578. The molecular formula is C16H25ClN2O2. The van der Waals surface area contributed by atoms with E-state index in [2.05, 4.69) is 5.32 Å². The fourth-order valence-electron chi connectivity index (χ4n) is 2.38. The van der Waals surface area contributed by atoms with E-state index in [1.54, 1.807) is 7.11 Å². The minimum absolute atomic E-state index is 0. The molecule has 21 heavy (non-hydrogen) atoms. The lowest BCUT2D eigenvalue weighted by Crippen LogP contribution is -2.44. The van der Waals surface area contributed by atoms with Gasteiger partial charge in [0, 0.05) is 20.3 Å². The van der Waals surface area contributed by atoms with Gasteiger partial charge < -0.3 is 15.8 Å². The smallest absolute Gasteiger partial charge is 0.237 e. The molecule has 5 heteroatoms. The zero-order valence-electron chi connectivity index (χ0n) is 12.5. The maximum Gasteiger partial charge on any atom is 0.237 e. The first-order chi connectivity index (χ1) is 9.65. The fraction of sp³-hybridized carbons (Fsp3) is 0.562. The van der Waals surface area contributed by atoms with E-state index in [0.29, 0.717) is 6.42 Å². The van der Waals surface area contributed by atoms with Gasteiger partial charge in [0.05, 0.1) is 6.04 Å². The van der Waals surface area contributed by atoms with Gasteiger partial charge in [-0.15, -0.1) is 12.4 Å². The second-order valence-corrected chi connectivity index (χ2v) is 5.76. The molecule has 0 heterocycles. The first-order valence-electron chi connectivity index (χ1n) is 7.21. The summed E-state index contributed by atoms with van der Waals surface area (Å²) in [6.07, 6.45) is 3.94. The van der Waals surface area contributed by atoms with Crippen LogP contribution in [-0.2, 0) is 16.0 Å². The molecule has 1 aromatic rings. The molecule has 1 saturated carbocycles. The third-order valence-corrected chi connectivity index (χ3v) is 4.07. The Labute approximate surface area is 132 Å². The van der Waals surface area contributed by atoms with Crippen molar-refractivity contribution in [2.45, 2.75) is 31.7 Å². The summed E-state index contributed by atoms with van der Waals surface area (Å²) in [6, 6.07) is 9.40. The lowest BCUT2D eigenvalue weighted by molar-refractivity contribution is -0.122. The van der Waals surface area contributed by atoms with Gasteiger partial charge in [-0.1, -0.05) is 30.3 Å². The molecule has 0 radical (unpaired) electrons. The molecular weight excluding hydrogens is 288 g/mol. The first-order valence-corrected chi connectivity index (χ1v) is 7.21. The summed E-state index contributed by atoms with van der Waals surface area (Å²) in [6.45, 7) is 1.48. The number of halogens is 1. The Morgan fingerprint density at radius 1 is 1.38 bits per heavy atom. The standard InChI is InChI=1S/C16H24N2O2.ClH/c1-20-10-9-16(7-8-16)12-18-15(19)14(17)11-13-5-3-2-4-6-13;/h2-6,14H,7-12,17H2,1H3,(H,18,19);1H/t14-;/m0./s1. The van der Waals surface area contributed by atoms with Crippen molar-refractivity contribution >= 4 is 18.3 Å². The maximum atomic E-state index is 12.0. The molecule has 0 aromatic heterocycles. The number of ether oxygens (including phenoxy) is 1. The lowest BCUT2D eigenvalue weighted by Gasteiger charge is -2.18. The zero-order valence-corrected chi connectivity index (χ0v) is 13.3. The van der Waals surface area contributed by atoms with Crippen LogP contribution in [0.15, 0.2) is 30.3 Å². The molecule has 1 atom stereocenters. The molecule has 0 spiro atoms. The molecule has 1 aromatic carbocycles. The van der Waals surface area contributed by atoms with Crippen LogP contribution in [0.4, 0.5) is 0 Å². The van der Waals surface area contributed by atoms with Gasteiger partial charge in [-0.2, -0.15) is 0 Å². The lowest BCUT2D eigenvalue weighted by atomic mass is 10.0. The topological polar surface area (TPSA) is 64.3 Å². The van der Waals surface area contributed by atoms with Gasteiger partial charge >= 0.3 is 0 Å². The molecule has 4 nitrogen and oxygen atoms in total. The predicted octanol–water partition coefficient (Wildman–Crippen LogP) is 1.91. The van der Waals surface area contributed by atoms with Crippen LogP contribution in [0.1, 0.15) is 24.8 Å². The van der Waals surface area contributed by atoms with Crippen LogP contribution in [0.2, 0.25) is 0 Å². The molecule has 0 bridgehead atoms. The van der Waals surface area contributed by atoms with Crippen LogP contribution < -0.4 is 11.1 Å². The van der Waals surface area contributed by atoms with Crippen LogP contribution in [0.5, 0.6) is 0 Å². The van der Waals surface area contributed by atoms with Gasteiger partial charge in [0.25, 0.3) is 0 Å². The van der Waals surface area contributed by atoms with Crippen molar-refractivity contribution in [3.8, 4) is 0 Å². The van der Waals surface area contributed by atoms with Crippen molar-refractivity contribution in [3.63, 3.8) is 0 Å². The summed E-state index contributed by atoms with van der Waals surface area (Å²) in [5.41, 5.74) is 7.32. The number of hydrogen-bond donors (Lipinski definition) is 2. The SMILES string of the molecule is COCCC1(CNC(=O)[C@@H](N)Cc2ccccc2)CC1.Cl. The Morgan fingerprint density at radius 2 is 2.05 bits per heavy atom. The molecule has 1 aliphatic carbocycles. The van der Waals surface area contributed by atoms with E-state index < -0.39 is 6.04 Å². The number of rotatable bonds is 8. The minimum Gasteiger partial charge on any atom is -0.385 e. The third-order valence-electron chi connectivity index (χ3n) is 4.07. The van der Waals surface area contributed by atoms with Crippen LogP contribution in [0.25, 0.3) is 0 Å². The number of amides is 1. The quantitative estimate of drug-likeness (QED) is 0.770. The van der Waals surface area contributed by atoms with Crippen LogP contribution in [0.3, 0.4) is 0 Å². The third kappa shape index (κ3) is 5.65. The van der Waals surface area contributed by atoms with Crippen molar-refractivity contribution in [1.29, 1.82) is 0 Å². The molecule has 0 unspecified atom stereocenters. The summed E-state index contributed by atoms with van der Waals surface area (Å²) >= 11 is 0. The Hall–Kier alpha value is -1.10. The van der Waals surface area contributed by atoms with Crippen LogP contribution >= 0.6 is 12.4 Å². The Balaban J connectivity index is 0.00000220. The maximum absolute atomic E-state index is 12.0. The molecule has 1 fully saturated rings. The van der Waals surface area contributed by atoms with Crippen LogP contribution in [-0.4, -0.2) is 32.2 Å². The van der Waals surface area contributed by atoms with E-state index in [1.807, 2.05) is 30.3 Å². The number of benzene rings is 1. The number of nitrogens with two attached hydrogens (primary N) is 1. The summed E-state index contributed by atoms with van der Waals surface area (Å²) in [5, 5.41) is 2.99. The summed E-state index contributed by atoms with van der Waals surface area (Å²) in [4.78, 5) is 12.0. The van der Waals surface area contributed by atoms with Gasteiger partial charge in [-0.3, -0.25) is 4.79 Å². The van der Waals surface area contributed by atoms with Crippen LogP contribution in [0, 0.1) is 5.41 Å². The van der Waals surface area contributed by atoms with E-state index in [9.17, 15) is 4.79 Å². The number of methoxy groups -OCH3 is 1. The van der Waals surface area contributed by atoms with Crippen molar-refractivity contribution in [2.75, 3.05) is 20.3 Å². The number of nitrogens with one attached hydrogen (secondary N) is 1. The fourth-order valence-corrected chi connectivity index (χ4v) is 2.38. The molecule has 1 aliphatic rings. The largest absolute Gasteiger partial charge is 0.385 e. The van der Waals surface area contributed by atoms with E-state index >= 15 is 0 Å². The van der Waals surface area contributed by atoms with E-state index in [4.69, 9.17) is 10.5 Å². The van der Waals surface area contributed by atoms with Crippen molar-refractivity contribution in [2.24, 2.45) is 11.1 Å². The van der Waals surface area contributed by atoms with Gasteiger partial charge in [-0.05, 0) is 36.7 Å². The Kier molecular flexibility index (Phi) is 7.15. The highest BCUT2D eigenvalue weighted by atomic mass is 35.5. The zero-order chi connectivity index (χ0) is 14.4. The molecule has 1 amide bonds. The highest BCUT2D eigenvalue weighted by Crippen LogP contribution is 2.48. The monoisotopic (exact) mass is 312 g/mol. The second kappa shape index (κ2) is 8.37. The van der Waals surface area contributed by atoms with E-state index in [-0.39, 0.29) is 23.7 Å². The Morgan fingerprint density at radius 3 is 2.62 bits per heavy atom. The highest BCUT2D eigenvalue weighted by Gasteiger charge is 2.42. The molecule has 2 rings (SSSR count). The van der Waals surface area contributed by atoms with Crippen molar-refractivity contribution in [1.82, 2.24) is 5.32 Å². The second-order valence-electron chi connectivity index (χ2n) is 5.76. The van der Waals surface area contributed by atoms with Gasteiger partial charge in [0.2, 0.25) is 5.91 Å². The first kappa shape index (κ1) is 18.0. The minimum atomic E-state index is -0.476. The van der Waals surface area contributed by atoms with E-state index in [0.717, 1.165) is 25.1 Å². The molecule has 3 N–H and O–H groups in total. The van der Waals surface area contributed by atoms with Gasteiger partial charge in [-0.25, -0.2) is 0 Å².